The maximum atomic E-state index is 13.4. The molecule has 2 atom stereocenters. The molecule has 0 saturated carbocycles. The van der Waals surface area contributed by atoms with Crippen LogP contribution in [0.4, 0.5) is 5.69 Å². The van der Waals surface area contributed by atoms with Crippen LogP contribution < -0.4 is 10.2 Å². The molecule has 7 nitrogen and oxygen atoms in total. The molecule has 164 valence electrons. The highest BCUT2D eigenvalue weighted by atomic mass is 32.1. The summed E-state index contributed by atoms with van der Waals surface area (Å²) in [4.78, 5) is 46.8. The highest BCUT2D eigenvalue weighted by molar-refractivity contribution is 7.09. The predicted octanol–water partition coefficient (Wildman–Crippen LogP) is 3.49. The number of aromatic nitrogens is 1. The van der Waals surface area contributed by atoms with Crippen LogP contribution >= 0.6 is 11.3 Å². The van der Waals surface area contributed by atoms with E-state index in [1.54, 1.807) is 12.3 Å². The van der Waals surface area contributed by atoms with Crippen molar-refractivity contribution in [3.05, 3.63) is 45.9 Å². The van der Waals surface area contributed by atoms with Crippen LogP contribution in [0.15, 0.2) is 29.8 Å². The quantitative estimate of drug-likeness (QED) is 0.696. The Morgan fingerprint density at radius 2 is 2.06 bits per heavy atom. The van der Waals surface area contributed by atoms with Gasteiger partial charge >= 0.3 is 0 Å². The number of fused-ring (bicyclic) bond motifs is 1. The van der Waals surface area contributed by atoms with Crippen LogP contribution in [0.3, 0.4) is 0 Å². The van der Waals surface area contributed by atoms with Crippen LogP contribution in [0.1, 0.15) is 65.4 Å². The van der Waals surface area contributed by atoms with Gasteiger partial charge in [-0.25, -0.2) is 4.98 Å². The summed E-state index contributed by atoms with van der Waals surface area (Å²) in [7, 11) is 0. The van der Waals surface area contributed by atoms with Crippen molar-refractivity contribution in [3.8, 4) is 0 Å². The molecule has 1 aromatic carbocycles. The Morgan fingerprint density at radius 3 is 2.77 bits per heavy atom. The van der Waals surface area contributed by atoms with Gasteiger partial charge < -0.3 is 10.2 Å². The van der Waals surface area contributed by atoms with Crippen LogP contribution in [-0.2, 0) is 4.79 Å². The Labute approximate surface area is 186 Å². The van der Waals surface area contributed by atoms with E-state index in [-0.39, 0.29) is 23.6 Å². The average Bonchev–Trinajstić information content (AvgIpc) is 3.39. The smallest absolute Gasteiger partial charge is 0.264 e. The van der Waals surface area contributed by atoms with Crippen molar-refractivity contribution in [2.24, 2.45) is 11.8 Å². The fraction of sp³-hybridized carbons (Fsp3) is 0.478. The van der Waals surface area contributed by atoms with Gasteiger partial charge in [0.1, 0.15) is 5.01 Å². The zero-order valence-corrected chi connectivity index (χ0v) is 18.9. The number of hydrogen-bond donors (Lipinski definition) is 1. The molecule has 1 N–H and O–H groups in total. The SMILES string of the molecule is CC(C)CNC(=O)[C@@H]1CCCN(c2cccc3c2C(=O)N([C@@H](C)c2nccs2)C3=O)C1. The topological polar surface area (TPSA) is 82.6 Å². The summed E-state index contributed by atoms with van der Waals surface area (Å²) in [5.41, 5.74) is 1.61. The van der Waals surface area contributed by atoms with Crippen LogP contribution in [0.25, 0.3) is 0 Å². The molecule has 2 aliphatic rings. The van der Waals surface area contributed by atoms with Gasteiger partial charge in [-0.05, 0) is 37.8 Å². The van der Waals surface area contributed by atoms with Gasteiger partial charge in [0.25, 0.3) is 11.8 Å². The van der Waals surface area contributed by atoms with Gasteiger partial charge in [0.15, 0.2) is 0 Å². The number of nitrogens with zero attached hydrogens (tertiary/aromatic N) is 3. The van der Waals surface area contributed by atoms with Gasteiger partial charge in [-0.2, -0.15) is 0 Å². The highest BCUT2D eigenvalue weighted by Crippen LogP contribution is 2.37. The summed E-state index contributed by atoms with van der Waals surface area (Å²) in [6.07, 6.45) is 3.37. The molecule has 2 aromatic rings. The summed E-state index contributed by atoms with van der Waals surface area (Å²) < 4.78 is 0. The molecule has 31 heavy (non-hydrogen) atoms. The van der Waals surface area contributed by atoms with Crippen molar-refractivity contribution in [1.82, 2.24) is 15.2 Å². The molecule has 0 bridgehead atoms. The largest absolute Gasteiger partial charge is 0.370 e. The molecule has 0 aliphatic carbocycles. The van der Waals surface area contributed by atoms with Gasteiger partial charge in [-0.15, -0.1) is 11.3 Å². The van der Waals surface area contributed by atoms with Gasteiger partial charge in [-0.1, -0.05) is 19.9 Å². The second kappa shape index (κ2) is 8.78. The third-order valence-electron chi connectivity index (χ3n) is 5.94. The van der Waals surface area contributed by atoms with E-state index < -0.39 is 6.04 Å². The van der Waals surface area contributed by atoms with Crippen molar-refractivity contribution in [1.29, 1.82) is 0 Å². The maximum Gasteiger partial charge on any atom is 0.264 e. The Balaban J connectivity index is 1.58. The molecule has 3 heterocycles. The van der Waals surface area contributed by atoms with Crippen LogP contribution in [0, 0.1) is 11.8 Å². The monoisotopic (exact) mass is 440 g/mol. The van der Waals surface area contributed by atoms with Crippen LogP contribution in [0.5, 0.6) is 0 Å². The number of thiazole rings is 1. The van der Waals surface area contributed by atoms with Crippen molar-refractivity contribution in [2.75, 3.05) is 24.5 Å². The molecule has 8 heteroatoms. The molecular formula is C23H28N4O3S. The summed E-state index contributed by atoms with van der Waals surface area (Å²) in [6.45, 7) is 7.93. The minimum Gasteiger partial charge on any atom is -0.370 e. The lowest BCUT2D eigenvalue weighted by Crippen LogP contribution is -2.44. The third-order valence-corrected chi connectivity index (χ3v) is 6.88. The Morgan fingerprint density at radius 1 is 1.26 bits per heavy atom. The van der Waals surface area contributed by atoms with E-state index in [0.717, 1.165) is 30.1 Å². The molecule has 1 fully saturated rings. The minimum absolute atomic E-state index is 0.0624. The number of carbonyl (C=O) groups excluding carboxylic acids is 3. The molecular weight excluding hydrogens is 412 g/mol. The Hall–Kier alpha value is -2.74. The first-order chi connectivity index (χ1) is 14.9. The van der Waals surface area contributed by atoms with E-state index in [0.29, 0.717) is 30.1 Å². The standard InChI is InChI=1S/C23H28N4O3S/c1-14(2)12-25-20(28)16-6-5-10-26(13-16)18-8-4-7-17-19(18)23(30)27(22(17)29)15(3)21-24-9-11-31-21/h4,7-9,11,14-16H,5-6,10,12-13H2,1-3H3,(H,25,28)/t15-,16+/m0/s1. The van der Waals surface area contributed by atoms with E-state index >= 15 is 0 Å². The third kappa shape index (κ3) is 4.08. The molecule has 1 aromatic heterocycles. The summed E-state index contributed by atoms with van der Waals surface area (Å²) in [5, 5.41) is 5.60. The number of amides is 3. The summed E-state index contributed by atoms with van der Waals surface area (Å²) >= 11 is 1.43. The Bertz CT molecular complexity index is 989. The van der Waals surface area contributed by atoms with Crippen LogP contribution in [-0.4, -0.2) is 47.2 Å². The molecule has 0 unspecified atom stereocenters. The number of rotatable bonds is 6. The van der Waals surface area contributed by atoms with Crippen molar-refractivity contribution >= 4 is 34.7 Å². The first-order valence-electron chi connectivity index (χ1n) is 10.8. The number of hydrogen-bond acceptors (Lipinski definition) is 6. The fourth-order valence-corrected chi connectivity index (χ4v) is 5.00. The normalized spacial score (nSPS) is 19.7. The van der Waals surface area contributed by atoms with E-state index in [2.05, 4.69) is 29.0 Å². The zero-order valence-electron chi connectivity index (χ0n) is 18.1. The van der Waals surface area contributed by atoms with Gasteiger partial charge in [0, 0.05) is 31.2 Å². The summed E-state index contributed by atoms with van der Waals surface area (Å²) in [5.74, 6) is -0.235. The average molecular weight is 441 g/mol. The lowest BCUT2D eigenvalue weighted by atomic mass is 9.95. The predicted molar refractivity (Wildman–Crippen MR) is 120 cm³/mol. The van der Waals surface area contributed by atoms with Crippen molar-refractivity contribution < 1.29 is 14.4 Å². The first-order valence-corrected chi connectivity index (χ1v) is 11.7. The fourth-order valence-electron chi connectivity index (χ4n) is 4.31. The maximum absolute atomic E-state index is 13.4. The molecule has 0 radical (unpaired) electrons. The van der Waals surface area contributed by atoms with E-state index in [1.807, 2.05) is 24.4 Å². The van der Waals surface area contributed by atoms with E-state index in [4.69, 9.17) is 0 Å². The highest BCUT2D eigenvalue weighted by Gasteiger charge is 2.42. The lowest BCUT2D eigenvalue weighted by Gasteiger charge is -2.34. The lowest BCUT2D eigenvalue weighted by molar-refractivity contribution is -0.125. The van der Waals surface area contributed by atoms with Gasteiger partial charge in [0.2, 0.25) is 5.91 Å². The molecule has 0 spiro atoms. The van der Waals surface area contributed by atoms with Gasteiger partial charge in [-0.3, -0.25) is 19.3 Å². The number of anilines is 1. The number of piperidine rings is 1. The van der Waals surface area contributed by atoms with Crippen molar-refractivity contribution in [3.63, 3.8) is 0 Å². The molecule has 2 aliphatic heterocycles. The van der Waals surface area contributed by atoms with Crippen molar-refractivity contribution in [2.45, 2.75) is 39.7 Å². The molecule has 3 amide bonds. The second-order valence-corrected chi connectivity index (χ2v) is 9.58. The number of carbonyl (C=O) groups is 3. The number of benzene rings is 1. The molecule has 4 rings (SSSR count). The van der Waals surface area contributed by atoms with E-state index in [9.17, 15) is 14.4 Å². The number of imide groups is 1. The second-order valence-electron chi connectivity index (χ2n) is 8.65. The van der Waals surface area contributed by atoms with Gasteiger partial charge in [0.05, 0.1) is 28.8 Å². The Kier molecular flexibility index (Phi) is 6.09. The minimum atomic E-state index is -0.420. The van der Waals surface area contributed by atoms with Crippen LogP contribution in [0.2, 0.25) is 0 Å². The first kappa shape index (κ1) is 21.5. The number of nitrogens with one attached hydrogen (secondary N) is 1. The van der Waals surface area contributed by atoms with E-state index in [1.165, 1.54) is 16.2 Å². The summed E-state index contributed by atoms with van der Waals surface area (Å²) in [6, 6.07) is 5.00. The zero-order chi connectivity index (χ0) is 22.1. The molecule has 1 saturated heterocycles.